The molecule has 94 valence electrons. The zero-order chi connectivity index (χ0) is 12.7. The van der Waals surface area contributed by atoms with E-state index in [2.05, 4.69) is 5.32 Å². The van der Waals surface area contributed by atoms with Gasteiger partial charge in [0, 0.05) is 6.07 Å². The normalized spacial score (nSPS) is 14.6. The molecular formula is C10H15N3O4. The predicted octanol–water partition coefficient (Wildman–Crippen LogP) is -0.479. The van der Waals surface area contributed by atoms with Crippen molar-refractivity contribution in [3.05, 3.63) is 32.6 Å². The summed E-state index contributed by atoms with van der Waals surface area (Å²) in [6.07, 6.45) is 4.22. The minimum absolute atomic E-state index is 0.418. The van der Waals surface area contributed by atoms with E-state index < -0.39 is 22.9 Å². The number of nitrogens with one attached hydrogen (secondary N) is 3. The summed E-state index contributed by atoms with van der Waals surface area (Å²) in [6.45, 7) is 2.50. The van der Waals surface area contributed by atoms with Gasteiger partial charge in [-0.1, -0.05) is 6.42 Å². The molecule has 1 fully saturated rings. The number of carboxylic acid groups (broad SMARTS) is 1. The van der Waals surface area contributed by atoms with Crippen molar-refractivity contribution >= 4 is 5.97 Å². The second-order valence-corrected chi connectivity index (χ2v) is 3.62. The summed E-state index contributed by atoms with van der Waals surface area (Å²) >= 11 is 0. The van der Waals surface area contributed by atoms with Crippen molar-refractivity contribution < 1.29 is 9.90 Å². The van der Waals surface area contributed by atoms with E-state index in [1.807, 2.05) is 9.97 Å². The van der Waals surface area contributed by atoms with Crippen LogP contribution in [0, 0.1) is 0 Å². The lowest BCUT2D eigenvalue weighted by Gasteiger charge is -2.08. The van der Waals surface area contributed by atoms with E-state index in [1.54, 1.807) is 0 Å². The van der Waals surface area contributed by atoms with Crippen molar-refractivity contribution in [2.75, 3.05) is 13.1 Å². The van der Waals surface area contributed by atoms with Crippen molar-refractivity contribution in [2.24, 2.45) is 0 Å². The first-order chi connectivity index (χ1) is 8.09. The first-order valence-electron chi connectivity index (χ1n) is 5.37. The SMILES string of the molecule is C1CCNCC1.O=C(O)c1cc(=O)[nH]c(=O)[nH]1. The lowest BCUT2D eigenvalue weighted by Crippen LogP contribution is -2.24. The predicted molar refractivity (Wildman–Crippen MR) is 61.4 cm³/mol. The van der Waals surface area contributed by atoms with E-state index in [1.165, 1.54) is 32.4 Å². The maximum absolute atomic E-state index is 10.5. The highest BCUT2D eigenvalue weighted by Crippen LogP contribution is 1.96. The maximum Gasteiger partial charge on any atom is 0.352 e. The Morgan fingerprint density at radius 2 is 1.76 bits per heavy atom. The summed E-state index contributed by atoms with van der Waals surface area (Å²) in [7, 11) is 0. The Labute approximate surface area is 96.9 Å². The number of carbonyl (C=O) groups is 1. The third-order valence-electron chi connectivity index (χ3n) is 2.20. The van der Waals surface area contributed by atoms with Crippen LogP contribution in [0.5, 0.6) is 0 Å². The van der Waals surface area contributed by atoms with Gasteiger partial charge in [-0.25, -0.2) is 9.59 Å². The number of carboxylic acids is 1. The van der Waals surface area contributed by atoms with Crippen molar-refractivity contribution in [1.82, 2.24) is 15.3 Å². The quantitative estimate of drug-likeness (QED) is 0.530. The molecule has 0 spiro atoms. The molecule has 0 atom stereocenters. The molecular weight excluding hydrogens is 226 g/mol. The van der Waals surface area contributed by atoms with Crippen LogP contribution < -0.4 is 16.6 Å². The van der Waals surface area contributed by atoms with Crippen molar-refractivity contribution in [3.8, 4) is 0 Å². The Bertz CT molecular complexity index is 433. The number of aromatic nitrogens is 2. The van der Waals surface area contributed by atoms with Gasteiger partial charge in [0.2, 0.25) is 0 Å². The smallest absolute Gasteiger partial charge is 0.352 e. The summed E-state index contributed by atoms with van der Waals surface area (Å²) in [6, 6.07) is 0.795. The molecule has 0 saturated carbocycles. The van der Waals surface area contributed by atoms with Crippen molar-refractivity contribution in [2.45, 2.75) is 19.3 Å². The molecule has 7 heteroatoms. The number of H-pyrrole nitrogens is 2. The third-order valence-corrected chi connectivity index (χ3v) is 2.20. The van der Waals surface area contributed by atoms with Crippen LogP contribution >= 0.6 is 0 Å². The third kappa shape index (κ3) is 5.12. The number of aromatic carboxylic acids is 1. The lowest BCUT2D eigenvalue weighted by atomic mass is 10.2. The molecule has 1 aromatic rings. The van der Waals surface area contributed by atoms with E-state index in [-0.39, 0.29) is 0 Å². The molecule has 0 radical (unpaired) electrons. The van der Waals surface area contributed by atoms with Gasteiger partial charge < -0.3 is 15.4 Å². The fourth-order valence-electron chi connectivity index (χ4n) is 1.39. The molecule has 4 N–H and O–H groups in total. The van der Waals surface area contributed by atoms with Gasteiger partial charge in [-0.05, 0) is 25.9 Å². The van der Waals surface area contributed by atoms with E-state index in [9.17, 15) is 14.4 Å². The van der Waals surface area contributed by atoms with Gasteiger partial charge >= 0.3 is 11.7 Å². The maximum atomic E-state index is 10.5. The Morgan fingerprint density at radius 3 is 2.12 bits per heavy atom. The van der Waals surface area contributed by atoms with E-state index in [4.69, 9.17) is 5.11 Å². The number of hydrogen-bond donors (Lipinski definition) is 4. The van der Waals surface area contributed by atoms with Crippen LogP contribution in [0.3, 0.4) is 0 Å². The molecule has 1 saturated heterocycles. The largest absolute Gasteiger partial charge is 0.477 e. The molecule has 2 rings (SSSR count). The second kappa shape index (κ2) is 6.64. The summed E-state index contributed by atoms with van der Waals surface area (Å²) in [5.74, 6) is -1.34. The van der Waals surface area contributed by atoms with Gasteiger partial charge in [-0.2, -0.15) is 0 Å². The summed E-state index contributed by atoms with van der Waals surface area (Å²) < 4.78 is 0. The standard InChI is InChI=1S/C5H4N2O4.C5H11N/c8-3-1-2(4(9)10)6-5(11)7-3;1-2-4-6-5-3-1/h1H,(H,9,10)(H2,6,7,8,11);6H,1-5H2. The fraction of sp³-hybridized carbons (Fsp3) is 0.500. The highest BCUT2D eigenvalue weighted by atomic mass is 16.4. The molecule has 0 bridgehead atoms. The Hall–Kier alpha value is -1.89. The number of rotatable bonds is 1. The van der Waals surface area contributed by atoms with Crippen LogP contribution in [0.25, 0.3) is 0 Å². The number of piperidine rings is 1. The molecule has 17 heavy (non-hydrogen) atoms. The monoisotopic (exact) mass is 241 g/mol. The molecule has 2 heterocycles. The summed E-state index contributed by atoms with van der Waals surface area (Å²) in [4.78, 5) is 34.9. The van der Waals surface area contributed by atoms with Crippen LogP contribution in [0.15, 0.2) is 15.7 Å². The first-order valence-corrected chi connectivity index (χ1v) is 5.37. The molecule has 0 amide bonds. The molecule has 0 aliphatic carbocycles. The Morgan fingerprint density at radius 1 is 1.12 bits per heavy atom. The minimum atomic E-state index is -1.34. The second-order valence-electron chi connectivity index (χ2n) is 3.62. The molecule has 0 aromatic carbocycles. The molecule has 1 aromatic heterocycles. The lowest BCUT2D eigenvalue weighted by molar-refractivity contribution is 0.0689. The fourth-order valence-corrected chi connectivity index (χ4v) is 1.39. The number of hydrogen-bond acceptors (Lipinski definition) is 4. The highest BCUT2D eigenvalue weighted by molar-refractivity contribution is 5.84. The zero-order valence-electron chi connectivity index (χ0n) is 9.28. The molecule has 1 aliphatic rings. The minimum Gasteiger partial charge on any atom is -0.477 e. The topological polar surface area (TPSA) is 115 Å². The van der Waals surface area contributed by atoms with Gasteiger partial charge in [0.05, 0.1) is 0 Å². The van der Waals surface area contributed by atoms with Crippen molar-refractivity contribution in [3.63, 3.8) is 0 Å². The van der Waals surface area contributed by atoms with Crippen LogP contribution in [0.1, 0.15) is 29.8 Å². The zero-order valence-corrected chi connectivity index (χ0v) is 9.28. The molecule has 0 unspecified atom stereocenters. The van der Waals surface area contributed by atoms with Crippen LogP contribution in [-0.2, 0) is 0 Å². The summed E-state index contributed by atoms with van der Waals surface area (Å²) in [5, 5.41) is 11.6. The average Bonchev–Trinajstić information content (AvgIpc) is 2.31. The van der Waals surface area contributed by atoms with Crippen LogP contribution in [-0.4, -0.2) is 34.1 Å². The molecule has 1 aliphatic heterocycles. The van der Waals surface area contributed by atoms with Gasteiger partial charge in [0.15, 0.2) is 0 Å². The van der Waals surface area contributed by atoms with Crippen molar-refractivity contribution in [1.29, 1.82) is 0 Å². The van der Waals surface area contributed by atoms with E-state index in [0.29, 0.717) is 0 Å². The van der Waals surface area contributed by atoms with Gasteiger partial charge in [0.1, 0.15) is 5.69 Å². The summed E-state index contributed by atoms with van der Waals surface area (Å²) in [5.41, 5.74) is -1.97. The molecule has 7 nitrogen and oxygen atoms in total. The van der Waals surface area contributed by atoms with Crippen LogP contribution in [0.4, 0.5) is 0 Å². The average molecular weight is 241 g/mol. The van der Waals surface area contributed by atoms with Gasteiger partial charge in [-0.15, -0.1) is 0 Å². The van der Waals surface area contributed by atoms with Gasteiger partial charge in [0.25, 0.3) is 5.56 Å². The van der Waals surface area contributed by atoms with E-state index in [0.717, 1.165) is 6.07 Å². The van der Waals surface area contributed by atoms with Gasteiger partial charge in [-0.3, -0.25) is 9.78 Å². The first kappa shape index (κ1) is 13.2. The highest BCUT2D eigenvalue weighted by Gasteiger charge is 2.03. The Balaban J connectivity index is 0.000000202. The number of aromatic amines is 2. The van der Waals surface area contributed by atoms with E-state index >= 15 is 0 Å². The Kier molecular flexibility index (Phi) is 5.15. The van der Waals surface area contributed by atoms with Crippen LogP contribution in [0.2, 0.25) is 0 Å².